The van der Waals surface area contributed by atoms with E-state index in [1.807, 2.05) is 0 Å². The molecule has 27 heavy (non-hydrogen) atoms. The molecule has 8 nitrogen and oxygen atoms in total. The van der Waals surface area contributed by atoms with Crippen molar-refractivity contribution in [3.63, 3.8) is 0 Å². The summed E-state index contributed by atoms with van der Waals surface area (Å²) in [5, 5.41) is 10.1. The molecule has 140 valence electrons. The van der Waals surface area contributed by atoms with Crippen molar-refractivity contribution >= 4 is 21.6 Å². The highest BCUT2D eigenvalue weighted by Crippen LogP contribution is 2.19. The maximum Gasteiger partial charge on any atom is 0.247 e. The number of sulfonamides is 1. The molecule has 3 rings (SSSR count). The quantitative estimate of drug-likeness (QED) is 0.668. The summed E-state index contributed by atoms with van der Waals surface area (Å²) in [6, 6.07) is 11.2. The molecule has 1 heterocycles. The van der Waals surface area contributed by atoms with Gasteiger partial charge in [0.25, 0.3) is 0 Å². The molecule has 0 saturated heterocycles. The summed E-state index contributed by atoms with van der Waals surface area (Å²) in [7, 11) is -3.80. The van der Waals surface area contributed by atoms with Crippen LogP contribution < -0.4 is 10.0 Å². The molecular weight excluding hydrogens is 375 g/mol. The number of halogens is 1. The number of anilines is 1. The van der Waals surface area contributed by atoms with Crippen LogP contribution in [0, 0.1) is 5.82 Å². The number of nitrogens with one attached hydrogen (secondary N) is 2. The molecule has 0 aliphatic rings. The van der Waals surface area contributed by atoms with Crippen LogP contribution in [-0.2, 0) is 21.4 Å². The Kier molecular flexibility index (Phi) is 5.28. The Morgan fingerprint density at radius 3 is 2.37 bits per heavy atom. The van der Waals surface area contributed by atoms with Gasteiger partial charge in [0.05, 0.1) is 11.4 Å². The summed E-state index contributed by atoms with van der Waals surface area (Å²) in [4.78, 5) is 11.0. The van der Waals surface area contributed by atoms with Crippen molar-refractivity contribution in [1.82, 2.24) is 14.9 Å². The van der Waals surface area contributed by atoms with Crippen molar-refractivity contribution in [3.8, 4) is 11.5 Å². The highest BCUT2D eigenvalue weighted by atomic mass is 32.2. The van der Waals surface area contributed by atoms with Gasteiger partial charge in [0.1, 0.15) is 5.82 Å². The van der Waals surface area contributed by atoms with E-state index in [4.69, 9.17) is 4.42 Å². The van der Waals surface area contributed by atoms with E-state index in [1.54, 1.807) is 0 Å². The first kappa shape index (κ1) is 18.7. The lowest BCUT2D eigenvalue weighted by Gasteiger charge is -2.06. The zero-order valence-electron chi connectivity index (χ0n) is 14.1. The average molecular weight is 390 g/mol. The minimum absolute atomic E-state index is 0.0230. The number of carbonyl (C=O) groups is 1. The first-order valence-corrected chi connectivity index (χ1v) is 9.27. The van der Waals surface area contributed by atoms with Crippen LogP contribution >= 0.6 is 0 Å². The van der Waals surface area contributed by atoms with Gasteiger partial charge in [-0.3, -0.25) is 4.79 Å². The van der Waals surface area contributed by atoms with Crippen molar-refractivity contribution in [2.24, 2.45) is 0 Å². The number of hydrogen-bond donors (Lipinski definition) is 2. The predicted octanol–water partition coefficient (Wildman–Crippen LogP) is 2.31. The second-order valence-corrected chi connectivity index (χ2v) is 7.30. The minimum Gasteiger partial charge on any atom is -0.419 e. The van der Waals surface area contributed by atoms with Crippen LogP contribution in [0.1, 0.15) is 12.8 Å². The molecule has 0 saturated carbocycles. The number of carbonyl (C=O) groups excluding carboxylic acids is 1. The first-order valence-electron chi connectivity index (χ1n) is 7.79. The zero-order chi connectivity index (χ0) is 19.4. The van der Waals surface area contributed by atoms with E-state index in [9.17, 15) is 17.6 Å². The Labute approximate surface area is 154 Å². The summed E-state index contributed by atoms with van der Waals surface area (Å²) in [6.45, 7) is 1.15. The fourth-order valence-corrected chi connectivity index (χ4v) is 3.17. The normalized spacial score (nSPS) is 11.3. The Morgan fingerprint density at radius 2 is 1.74 bits per heavy atom. The smallest absolute Gasteiger partial charge is 0.247 e. The Hall–Kier alpha value is -3.11. The molecule has 0 radical (unpaired) electrons. The number of amides is 1. The SMILES string of the molecule is CC(=O)Nc1ccc(S(=O)(=O)NCc2nnc(-c3ccc(F)cc3)o2)cc1. The van der Waals surface area contributed by atoms with Gasteiger partial charge in [0, 0.05) is 18.2 Å². The largest absolute Gasteiger partial charge is 0.419 e. The van der Waals surface area contributed by atoms with Gasteiger partial charge in [-0.15, -0.1) is 10.2 Å². The van der Waals surface area contributed by atoms with Gasteiger partial charge in [-0.2, -0.15) is 0 Å². The van der Waals surface area contributed by atoms with Crippen LogP contribution in [-0.4, -0.2) is 24.5 Å². The topological polar surface area (TPSA) is 114 Å². The van der Waals surface area contributed by atoms with Crippen LogP contribution in [0.2, 0.25) is 0 Å². The summed E-state index contributed by atoms with van der Waals surface area (Å²) >= 11 is 0. The van der Waals surface area contributed by atoms with Crippen LogP contribution in [0.3, 0.4) is 0 Å². The molecule has 0 atom stereocenters. The first-order chi connectivity index (χ1) is 12.8. The molecule has 2 N–H and O–H groups in total. The number of hydrogen-bond acceptors (Lipinski definition) is 6. The monoisotopic (exact) mass is 390 g/mol. The van der Waals surface area contributed by atoms with E-state index >= 15 is 0 Å². The molecule has 10 heteroatoms. The molecule has 3 aromatic rings. The van der Waals surface area contributed by atoms with Crippen LogP contribution in [0.4, 0.5) is 10.1 Å². The zero-order valence-corrected chi connectivity index (χ0v) is 15.0. The lowest BCUT2D eigenvalue weighted by Crippen LogP contribution is -2.23. The van der Waals surface area contributed by atoms with Crippen molar-refractivity contribution in [2.75, 3.05) is 5.32 Å². The maximum atomic E-state index is 12.9. The average Bonchev–Trinajstić information content (AvgIpc) is 3.10. The molecule has 0 fully saturated rings. The van der Waals surface area contributed by atoms with E-state index in [0.29, 0.717) is 11.3 Å². The lowest BCUT2D eigenvalue weighted by atomic mass is 10.2. The number of benzene rings is 2. The third kappa shape index (κ3) is 4.74. The Bertz CT molecular complexity index is 1050. The van der Waals surface area contributed by atoms with Gasteiger partial charge >= 0.3 is 0 Å². The number of rotatable bonds is 6. The lowest BCUT2D eigenvalue weighted by molar-refractivity contribution is -0.114. The van der Waals surface area contributed by atoms with E-state index in [-0.39, 0.29) is 29.1 Å². The van der Waals surface area contributed by atoms with Crippen LogP contribution in [0.25, 0.3) is 11.5 Å². The maximum absolute atomic E-state index is 12.9. The molecule has 0 aliphatic heterocycles. The highest BCUT2D eigenvalue weighted by molar-refractivity contribution is 7.89. The predicted molar refractivity (Wildman–Crippen MR) is 94.5 cm³/mol. The van der Waals surface area contributed by atoms with E-state index in [0.717, 1.165) is 0 Å². The Morgan fingerprint density at radius 1 is 1.07 bits per heavy atom. The number of aromatic nitrogens is 2. The molecule has 0 bridgehead atoms. The molecule has 0 unspecified atom stereocenters. The molecule has 0 spiro atoms. The third-order valence-corrected chi connectivity index (χ3v) is 4.87. The van der Waals surface area contributed by atoms with Crippen molar-refractivity contribution in [1.29, 1.82) is 0 Å². The summed E-state index contributed by atoms with van der Waals surface area (Å²) in [5.41, 5.74) is 1.01. The van der Waals surface area contributed by atoms with Crippen LogP contribution in [0.15, 0.2) is 57.8 Å². The molecular formula is C17H15FN4O4S. The van der Waals surface area contributed by atoms with Crippen molar-refractivity contribution < 1.29 is 22.0 Å². The highest BCUT2D eigenvalue weighted by Gasteiger charge is 2.16. The van der Waals surface area contributed by atoms with Gasteiger partial charge in [-0.25, -0.2) is 17.5 Å². The van der Waals surface area contributed by atoms with E-state index in [1.165, 1.54) is 55.5 Å². The number of nitrogens with zero attached hydrogens (tertiary/aromatic N) is 2. The fraction of sp³-hybridized carbons (Fsp3) is 0.118. The van der Waals surface area contributed by atoms with Gasteiger partial charge in [0.15, 0.2) is 0 Å². The van der Waals surface area contributed by atoms with Gasteiger partial charge in [0.2, 0.25) is 27.7 Å². The van der Waals surface area contributed by atoms with Crippen molar-refractivity contribution in [2.45, 2.75) is 18.4 Å². The third-order valence-electron chi connectivity index (χ3n) is 3.46. The van der Waals surface area contributed by atoms with Crippen LogP contribution in [0.5, 0.6) is 0 Å². The standard InChI is InChI=1S/C17H15FN4O4S/c1-11(23)20-14-6-8-15(9-7-14)27(24,25)19-10-16-21-22-17(26-16)12-2-4-13(18)5-3-12/h2-9,19H,10H2,1H3,(H,20,23). The molecule has 0 aliphatic carbocycles. The minimum atomic E-state index is -3.80. The fourth-order valence-electron chi connectivity index (χ4n) is 2.19. The van der Waals surface area contributed by atoms with E-state index < -0.39 is 15.8 Å². The van der Waals surface area contributed by atoms with E-state index in [2.05, 4.69) is 20.2 Å². The summed E-state index contributed by atoms with van der Waals surface area (Å²) in [6.07, 6.45) is 0. The van der Waals surface area contributed by atoms with Gasteiger partial charge < -0.3 is 9.73 Å². The van der Waals surface area contributed by atoms with Crippen molar-refractivity contribution in [3.05, 3.63) is 60.2 Å². The second-order valence-electron chi connectivity index (χ2n) is 5.54. The summed E-state index contributed by atoms with van der Waals surface area (Å²) < 4.78 is 45.3. The Balaban J connectivity index is 1.67. The molecule has 2 aromatic carbocycles. The van der Waals surface area contributed by atoms with Gasteiger partial charge in [-0.05, 0) is 48.5 Å². The second kappa shape index (κ2) is 7.64. The molecule has 1 amide bonds. The van der Waals surface area contributed by atoms with Gasteiger partial charge in [-0.1, -0.05) is 0 Å². The summed E-state index contributed by atoms with van der Waals surface area (Å²) in [5.74, 6) is -0.426. The molecule has 1 aromatic heterocycles.